The van der Waals surface area contributed by atoms with Gasteiger partial charge >= 0.3 is 0 Å². The minimum absolute atomic E-state index is 0.0536. The molecule has 1 saturated heterocycles. The van der Waals surface area contributed by atoms with Crippen molar-refractivity contribution in [3.8, 4) is 5.75 Å². The summed E-state index contributed by atoms with van der Waals surface area (Å²) in [6.07, 6.45) is 8.40. The molecule has 3 aliphatic rings. The Balaban J connectivity index is 1.07. The largest absolute Gasteiger partial charge is 0.486 e. The Bertz CT molecular complexity index is 1140. The average Bonchev–Trinajstić information content (AvgIpc) is 3.36. The van der Waals surface area contributed by atoms with Gasteiger partial charge in [-0.25, -0.2) is 4.98 Å². The number of hydrogen-bond acceptors (Lipinski definition) is 9. The van der Waals surface area contributed by atoms with Crippen molar-refractivity contribution in [2.75, 3.05) is 33.2 Å². The third-order valence-electron chi connectivity index (χ3n) is 8.91. The van der Waals surface area contributed by atoms with Gasteiger partial charge in [-0.1, -0.05) is 19.4 Å². The molecule has 1 amide bonds. The molecular weight excluding hydrogens is 520 g/mol. The standard InChI is InChI=1S/C31H48N6O4/c1-4-11-36(3)30-15-24(14-29(35-30)34-25-6-5-7-25)31(39)32-16-26(38)18-37-12-10-22-13-27(9-8-23(22)17-37)40-19-28-21(2)33-20-41-28/h8-9,13,20,24-26,29-30,34-35,38H,4-7,10-12,14-19H2,1-3H3,(H,32,39)/t24?,26-,29?,30?/m0/s1. The Morgan fingerprint density at radius 3 is 2.90 bits per heavy atom. The van der Waals surface area contributed by atoms with E-state index in [1.807, 2.05) is 13.0 Å². The van der Waals surface area contributed by atoms with Crippen LogP contribution in [0.5, 0.6) is 5.75 Å². The van der Waals surface area contributed by atoms with E-state index in [2.05, 4.69) is 56.8 Å². The number of aryl methyl sites for hydroxylation is 1. The molecule has 5 rings (SSSR count). The molecule has 3 heterocycles. The molecule has 10 heteroatoms. The molecule has 2 fully saturated rings. The first-order valence-corrected chi connectivity index (χ1v) is 15.4. The number of carbonyl (C=O) groups excluding carboxylic acids is 1. The number of aliphatic hydroxyl groups is 1. The number of carbonyl (C=O) groups is 1. The van der Waals surface area contributed by atoms with Crippen molar-refractivity contribution in [3.63, 3.8) is 0 Å². The van der Waals surface area contributed by atoms with Crippen LogP contribution in [0.2, 0.25) is 0 Å². The Morgan fingerprint density at radius 1 is 1.32 bits per heavy atom. The van der Waals surface area contributed by atoms with Gasteiger partial charge in [0.1, 0.15) is 12.4 Å². The minimum atomic E-state index is -0.613. The van der Waals surface area contributed by atoms with Gasteiger partial charge in [0, 0.05) is 38.1 Å². The van der Waals surface area contributed by atoms with Crippen molar-refractivity contribution < 1.29 is 19.1 Å². The number of amides is 1. The monoisotopic (exact) mass is 568 g/mol. The predicted molar refractivity (Wildman–Crippen MR) is 157 cm³/mol. The van der Waals surface area contributed by atoms with E-state index in [-0.39, 0.29) is 30.7 Å². The number of aromatic nitrogens is 1. The molecule has 0 bridgehead atoms. The lowest BCUT2D eigenvalue weighted by molar-refractivity contribution is -0.128. The molecule has 4 atom stereocenters. The summed E-state index contributed by atoms with van der Waals surface area (Å²) in [5.41, 5.74) is 3.37. The van der Waals surface area contributed by atoms with Crippen LogP contribution in [0.4, 0.5) is 0 Å². The van der Waals surface area contributed by atoms with Crippen LogP contribution in [0.3, 0.4) is 0 Å². The molecule has 1 aliphatic carbocycles. The van der Waals surface area contributed by atoms with E-state index in [0.29, 0.717) is 19.2 Å². The van der Waals surface area contributed by atoms with Crippen LogP contribution in [0.15, 0.2) is 29.0 Å². The van der Waals surface area contributed by atoms with Crippen molar-refractivity contribution in [2.45, 2.75) is 96.4 Å². The number of rotatable bonds is 13. The Hall–Kier alpha value is -2.50. The number of aliphatic hydroxyl groups excluding tert-OH is 1. The van der Waals surface area contributed by atoms with Crippen LogP contribution in [0.1, 0.15) is 68.0 Å². The highest BCUT2D eigenvalue weighted by molar-refractivity contribution is 5.78. The van der Waals surface area contributed by atoms with Crippen LogP contribution in [0, 0.1) is 12.8 Å². The molecule has 4 N–H and O–H groups in total. The molecule has 2 aromatic rings. The van der Waals surface area contributed by atoms with Gasteiger partial charge in [0.15, 0.2) is 12.2 Å². The molecule has 1 aromatic carbocycles. The number of ether oxygens (including phenoxy) is 1. The smallest absolute Gasteiger partial charge is 0.223 e. The number of piperidine rings is 1. The van der Waals surface area contributed by atoms with Gasteiger partial charge in [0.25, 0.3) is 0 Å². The first-order chi connectivity index (χ1) is 19.9. The zero-order valence-electron chi connectivity index (χ0n) is 24.9. The summed E-state index contributed by atoms with van der Waals surface area (Å²) in [6, 6.07) is 6.76. The second kappa shape index (κ2) is 14.1. The maximum atomic E-state index is 13.2. The molecule has 226 valence electrons. The fourth-order valence-corrected chi connectivity index (χ4v) is 6.20. The summed E-state index contributed by atoms with van der Waals surface area (Å²) in [4.78, 5) is 21.9. The number of nitrogens with zero attached hydrogens (tertiary/aromatic N) is 3. The van der Waals surface area contributed by atoms with Crippen LogP contribution in [-0.2, 0) is 24.4 Å². The molecule has 41 heavy (non-hydrogen) atoms. The normalized spacial score (nSPS) is 24.1. The fourth-order valence-electron chi connectivity index (χ4n) is 6.20. The van der Waals surface area contributed by atoms with Gasteiger partial charge in [-0.2, -0.15) is 0 Å². The number of β-amino-alcohol motifs (C(OH)–C–C–N with tert-alkyl or cyclic N) is 1. The lowest BCUT2D eigenvalue weighted by Crippen LogP contribution is -2.62. The molecule has 0 spiro atoms. The number of nitrogens with one attached hydrogen (secondary N) is 3. The predicted octanol–water partition coefficient (Wildman–Crippen LogP) is 2.53. The Labute approximate surface area is 244 Å². The van der Waals surface area contributed by atoms with Crippen LogP contribution >= 0.6 is 0 Å². The second-order valence-corrected chi connectivity index (χ2v) is 12.1. The zero-order chi connectivity index (χ0) is 28.8. The van der Waals surface area contributed by atoms with E-state index < -0.39 is 6.10 Å². The van der Waals surface area contributed by atoms with Crippen molar-refractivity contribution >= 4 is 5.91 Å². The van der Waals surface area contributed by atoms with Crippen molar-refractivity contribution in [2.24, 2.45) is 5.92 Å². The van der Waals surface area contributed by atoms with Crippen LogP contribution in [-0.4, -0.2) is 83.5 Å². The SMILES string of the molecule is CCCN(C)C1CC(C(=O)NC[C@H](O)CN2CCc3cc(OCc4ocnc4C)ccc3C2)CC(NC2CCC2)N1. The molecule has 3 unspecified atom stereocenters. The van der Waals surface area contributed by atoms with Crippen LogP contribution < -0.4 is 20.7 Å². The molecule has 0 radical (unpaired) electrons. The zero-order valence-corrected chi connectivity index (χ0v) is 24.9. The van der Waals surface area contributed by atoms with Crippen molar-refractivity contribution in [1.82, 2.24) is 30.7 Å². The lowest BCUT2D eigenvalue weighted by Gasteiger charge is -2.43. The van der Waals surface area contributed by atoms with Gasteiger partial charge in [0.2, 0.25) is 5.91 Å². The molecule has 1 saturated carbocycles. The second-order valence-electron chi connectivity index (χ2n) is 12.1. The van der Waals surface area contributed by atoms with Gasteiger partial charge in [-0.3, -0.25) is 25.2 Å². The minimum Gasteiger partial charge on any atom is -0.486 e. The third kappa shape index (κ3) is 8.08. The molecule has 1 aromatic heterocycles. The summed E-state index contributed by atoms with van der Waals surface area (Å²) in [5, 5.41) is 21.4. The maximum Gasteiger partial charge on any atom is 0.223 e. The van der Waals surface area contributed by atoms with Gasteiger partial charge in [0.05, 0.1) is 24.1 Å². The summed E-state index contributed by atoms with van der Waals surface area (Å²) >= 11 is 0. The lowest BCUT2D eigenvalue weighted by atomic mass is 9.89. The van der Waals surface area contributed by atoms with E-state index in [0.717, 1.165) is 62.5 Å². The first kappa shape index (κ1) is 30.0. The summed E-state index contributed by atoms with van der Waals surface area (Å²) in [7, 11) is 2.13. The number of hydrogen-bond donors (Lipinski definition) is 4. The number of fused-ring (bicyclic) bond motifs is 1. The highest BCUT2D eigenvalue weighted by Gasteiger charge is 2.35. The van der Waals surface area contributed by atoms with Crippen LogP contribution in [0.25, 0.3) is 0 Å². The number of benzene rings is 1. The highest BCUT2D eigenvalue weighted by Crippen LogP contribution is 2.26. The summed E-state index contributed by atoms with van der Waals surface area (Å²) < 4.78 is 11.3. The van der Waals surface area contributed by atoms with E-state index in [1.54, 1.807) is 0 Å². The number of oxazole rings is 1. The fraction of sp³-hybridized carbons (Fsp3) is 0.677. The van der Waals surface area contributed by atoms with Gasteiger partial charge < -0.3 is 19.6 Å². The Morgan fingerprint density at radius 2 is 2.17 bits per heavy atom. The average molecular weight is 569 g/mol. The third-order valence-corrected chi connectivity index (χ3v) is 8.91. The first-order valence-electron chi connectivity index (χ1n) is 15.4. The van der Waals surface area contributed by atoms with Gasteiger partial charge in [-0.15, -0.1) is 0 Å². The van der Waals surface area contributed by atoms with Crippen molar-refractivity contribution in [3.05, 3.63) is 47.2 Å². The quantitative estimate of drug-likeness (QED) is 0.289. The summed E-state index contributed by atoms with van der Waals surface area (Å²) in [5.74, 6) is 1.54. The van der Waals surface area contributed by atoms with Gasteiger partial charge in [-0.05, 0) is 82.3 Å². The highest BCUT2D eigenvalue weighted by atomic mass is 16.5. The molecule has 10 nitrogen and oxygen atoms in total. The van der Waals surface area contributed by atoms with E-state index >= 15 is 0 Å². The Kier molecular flexibility index (Phi) is 10.3. The van der Waals surface area contributed by atoms with Crippen molar-refractivity contribution in [1.29, 1.82) is 0 Å². The molecule has 2 aliphatic heterocycles. The van der Waals surface area contributed by atoms with E-state index in [4.69, 9.17) is 9.15 Å². The maximum absolute atomic E-state index is 13.2. The summed E-state index contributed by atoms with van der Waals surface area (Å²) in [6.45, 7) is 7.88. The topological polar surface area (TPSA) is 115 Å². The van der Waals surface area contributed by atoms with E-state index in [1.165, 1.54) is 36.8 Å². The van der Waals surface area contributed by atoms with E-state index in [9.17, 15) is 9.90 Å². The molecular formula is C31H48N6O4.